The molecule has 8 heavy (non-hydrogen) atoms. The summed E-state index contributed by atoms with van der Waals surface area (Å²) in [6.45, 7) is 4.21. The fourth-order valence-electron chi connectivity index (χ4n) is 0.297. The summed E-state index contributed by atoms with van der Waals surface area (Å²) in [6, 6.07) is 0.116. The molecule has 0 bridgehead atoms. The van der Waals surface area contributed by atoms with Gasteiger partial charge < -0.3 is 17.4 Å². The molecule has 47 valence electrons. The van der Waals surface area contributed by atoms with Crippen molar-refractivity contribution in [3.8, 4) is 0 Å². The van der Waals surface area contributed by atoms with Crippen LogP contribution in [0.15, 0.2) is 0 Å². The summed E-state index contributed by atoms with van der Waals surface area (Å²) < 4.78 is 4.73. The topological polar surface area (TPSA) is 35.2 Å². The minimum atomic E-state index is 0. The van der Waals surface area contributed by atoms with Crippen molar-refractivity contribution >= 4 is 0 Å². The number of methoxy groups -OCH3 is 1. The van der Waals surface area contributed by atoms with Crippen molar-refractivity contribution in [3.05, 3.63) is 6.92 Å². The molecule has 0 aromatic rings. The van der Waals surface area contributed by atoms with Gasteiger partial charge in [0.25, 0.3) is 0 Å². The van der Waals surface area contributed by atoms with Crippen LogP contribution in [0, 0.1) is 6.92 Å². The number of hydrogen-bond acceptors (Lipinski definition) is 2. The second-order valence-electron chi connectivity index (χ2n) is 1.50. The summed E-state index contributed by atoms with van der Waals surface area (Å²) >= 11 is 0. The van der Waals surface area contributed by atoms with Crippen LogP contribution >= 0.6 is 0 Å². The van der Waals surface area contributed by atoms with Crippen LogP contribution in [-0.2, 0) is 37.4 Å². The van der Waals surface area contributed by atoms with E-state index in [4.69, 9.17) is 10.5 Å². The number of rotatable bonds is 3. The monoisotopic (exact) mass is 191 g/mol. The van der Waals surface area contributed by atoms with E-state index < -0.39 is 0 Å². The van der Waals surface area contributed by atoms with Gasteiger partial charge in [0.15, 0.2) is 0 Å². The third-order valence-electron chi connectivity index (χ3n) is 0.752. The molecule has 0 aromatic carbocycles. The Labute approximate surface area is 76.0 Å². The van der Waals surface area contributed by atoms with Crippen LogP contribution in [0.2, 0.25) is 0 Å². The summed E-state index contributed by atoms with van der Waals surface area (Å²) in [6.07, 6.45) is 0.744. The first-order valence-electron chi connectivity index (χ1n) is 2.35. The standard InChI is InChI=1S/C5H12NO.Y/c1-3-5(6)4-7-2;/h5H,1,3-4,6H2,2H3;/q-1;. The normalized spacial score (nSPS) is 12.4. The molecule has 1 radical (unpaired) electrons. The maximum Gasteiger partial charge on any atom is 0.0588 e. The van der Waals surface area contributed by atoms with Crippen molar-refractivity contribution in [3.63, 3.8) is 0 Å². The summed E-state index contributed by atoms with van der Waals surface area (Å²) in [5.41, 5.74) is 5.40. The van der Waals surface area contributed by atoms with Crippen molar-refractivity contribution in [2.45, 2.75) is 12.5 Å². The van der Waals surface area contributed by atoms with Gasteiger partial charge in [-0.05, 0) is 0 Å². The van der Waals surface area contributed by atoms with E-state index in [1.54, 1.807) is 7.11 Å². The molecule has 0 aromatic heterocycles. The van der Waals surface area contributed by atoms with E-state index in [1.165, 1.54) is 0 Å². The quantitative estimate of drug-likeness (QED) is 0.646. The molecule has 0 saturated carbocycles. The Morgan fingerprint density at radius 3 is 2.38 bits per heavy atom. The van der Waals surface area contributed by atoms with Crippen LogP contribution in [0.25, 0.3) is 0 Å². The largest absolute Gasteiger partial charge is 0.383 e. The summed E-state index contributed by atoms with van der Waals surface area (Å²) in [5.74, 6) is 0. The van der Waals surface area contributed by atoms with E-state index in [-0.39, 0.29) is 38.8 Å². The van der Waals surface area contributed by atoms with Gasteiger partial charge in [-0.15, -0.1) is 0 Å². The molecule has 3 heteroatoms. The van der Waals surface area contributed by atoms with E-state index in [0.717, 1.165) is 6.42 Å². The molecule has 0 fully saturated rings. The van der Waals surface area contributed by atoms with Crippen LogP contribution < -0.4 is 5.73 Å². The molecule has 0 aliphatic carbocycles. The fraction of sp³-hybridized carbons (Fsp3) is 0.800. The molecular weight excluding hydrogens is 179 g/mol. The van der Waals surface area contributed by atoms with Crippen LogP contribution in [0.1, 0.15) is 6.42 Å². The van der Waals surface area contributed by atoms with Gasteiger partial charge >= 0.3 is 0 Å². The molecule has 0 saturated heterocycles. The van der Waals surface area contributed by atoms with Gasteiger partial charge in [-0.1, -0.05) is 0 Å². The maximum atomic E-state index is 5.40. The van der Waals surface area contributed by atoms with Crippen molar-refractivity contribution in [2.24, 2.45) is 5.73 Å². The van der Waals surface area contributed by atoms with E-state index in [9.17, 15) is 0 Å². The van der Waals surface area contributed by atoms with Crippen molar-refractivity contribution in [1.82, 2.24) is 0 Å². The smallest absolute Gasteiger partial charge is 0.0588 e. The predicted octanol–water partition coefficient (Wildman–Crippen LogP) is 0.182. The Balaban J connectivity index is 0. The summed E-state index contributed by atoms with van der Waals surface area (Å²) in [5, 5.41) is 0. The Kier molecular flexibility index (Phi) is 11.8. The van der Waals surface area contributed by atoms with Gasteiger partial charge in [0.05, 0.1) is 6.61 Å². The number of ether oxygens (including phenoxy) is 1. The Bertz CT molecular complexity index is 43.4. The van der Waals surface area contributed by atoms with Crippen molar-refractivity contribution < 1.29 is 37.4 Å². The van der Waals surface area contributed by atoms with Gasteiger partial charge in [-0.25, -0.2) is 0 Å². The van der Waals surface area contributed by atoms with E-state index in [1.807, 2.05) is 0 Å². The van der Waals surface area contributed by atoms with Crippen molar-refractivity contribution in [2.75, 3.05) is 13.7 Å². The third-order valence-corrected chi connectivity index (χ3v) is 0.752. The first kappa shape index (κ1) is 11.8. The van der Waals surface area contributed by atoms with Gasteiger partial charge in [-0.3, -0.25) is 0 Å². The van der Waals surface area contributed by atoms with Gasteiger partial charge in [0.1, 0.15) is 0 Å². The van der Waals surface area contributed by atoms with E-state index in [0.29, 0.717) is 6.61 Å². The van der Waals surface area contributed by atoms with Gasteiger partial charge in [0.2, 0.25) is 0 Å². The second kappa shape index (κ2) is 8.02. The number of hydrogen-bond donors (Lipinski definition) is 1. The Hall–Kier alpha value is 1.02. The molecule has 1 unspecified atom stereocenters. The number of nitrogens with two attached hydrogens (primary N) is 1. The van der Waals surface area contributed by atoms with Crippen LogP contribution in [-0.4, -0.2) is 19.8 Å². The third kappa shape index (κ3) is 7.02. The summed E-state index contributed by atoms with van der Waals surface area (Å²) in [4.78, 5) is 0. The van der Waals surface area contributed by atoms with Crippen molar-refractivity contribution in [1.29, 1.82) is 0 Å². The molecule has 0 heterocycles. The average Bonchev–Trinajstić information content (AvgIpc) is 1.68. The zero-order chi connectivity index (χ0) is 5.70. The SMILES string of the molecule is [CH2-]CC(N)COC.[Y]. The molecule has 2 N–H and O–H groups in total. The minimum Gasteiger partial charge on any atom is -0.383 e. The maximum absolute atomic E-state index is 5.40. The molecule has 0 rings (SSSR count). The summed E-state index contributed by atoms with van der Waals surface area (Å²) in [7, 11) is 1.63. The second-order valence-corrected chi connectivity index (χ2v) is 1.50. The predicted molar refractivity (Wildman–Crippen MR) is 29.8 cm³/mol. The van der Waals surface area contributed by atoms with Gasteiger partial charge in [0, 0.05) is 45.9 Å². The molecule has 0 aliphatic rings. The van der Waals surface area contributed by atoms with Crippen LogP contribution in [0.3, 0.4) is 0 Å². The minimum absolute atomic E-state index is 0. The van der Waals surface area contributed by atoms with Crippen LogP contribution in [0.5, 0.6) is 0 Å². The molecule has 0 spiro atoms. The van der Waals surface area contributed by atoms with E-state index in [2.05, 4.69) is 6.92 Å². The first-order valence-corrected chi connectivity index (χ1v) is 2.35. The van der Waals surface area contributed by atoms with Gasteiger partial charge in [-0.2, -0.15) is 6.42 Å². The first-order chi connectivity index (χ1) is 3.31. The molecule has 2 nitrogen and oxygen atoms in total. The average molecular weight is 191 g/mol. The fourth-order valence-corrected chi connectivity index (χ4v) is 0.297. The van der Waals surface area contributed by atoms with Crippen LogP contribution in [0.4, 0.5) is 0 Å². The zero-order valence-corrected chi connectivity index (χ0v) is 8.10. The Morgan fingerprint density at radius 1 is 1.75 bits per heavy atom. The molecule has 0 amide bonds. The zero-order valence-electron chi connectivity index (χ0n) is 5.26. The molecule has 0 aliphatic heterocycles. The molecule has 1 atom stereocenters. The molecular formula is C5H12NOY-. The Morgan fingerprint density at radius 2 is 2.25 bits per heavy atom. The van der Waals surface area contributed by atoms with E-state index >= 15 is 0 Å².